The molecule has 7 heteroatoms. The summed E-state index contributed by atoms with van der Waals surface area (Å²) in [6.07, 6.45) is 0. The second kappa shape index (κ2) is 5.08. The van der Waals surface area contributed by atoms with Crippen LogP contribution in [0.3, 0.4) is 0 Å². The van der Waals surface area contributed by atoms with Crippen LogP contribution in [0.5, 0.6) is 0 Å². The van der Waals surface area contributed by atoms with Gasteiger partial charge in [-0.1, -0.05) is 0 Å². The Labute approximate surface area is 60.9 Å². The minimum Gasteiger partial charge on any atom is -0.780 e. The van der Waals surface area contributed by atoms with Crippen molar-refractivity contribution in [2.45, 2.75) is 0 Å². The maximum atomic E-state index is 8.89. The van der Waals surface area contributed by atoms with Gasteiger partial charge in [-0.2, -0.15) is 0 Å². The van der Waals surface area contributed by atoms with Crippen LogP contribution >= 0.6 is 0 Å². The fraction of sp³-hybridized carbons (Fsp3) is 0. The zero-order valence-electron chi connectivity index (χ0n) is 3.36. The van der Waals surface area contributed by atoms with E-state index in [4.69, 9.17) is 13.3 Å². The largest absolute Gasteiger partial charge is 1.00 e. The number of quaternary nitrogens is 1. The molecule has 0 heterocycles. The summed E-state index contributed by atoms with van der Waals surface area (Å²) in [5.41, 5.74) is 0. The van der Waals surface area contributed by atoms with Gasteiger partial charge < -0.3 is 15.3 Å². The monoisotopic (exact) mass is 325 g/mol. The normalized spacial score (nSPS) is 8.29. The molecule has 4 nitrogen and oxygen atoms in total. The van der Waals surface area contributed by atoms with E-state index in [1.165, 1.54) is 0 Å². The van der Waals surface area contributed by atoms with Gasteiger partial charge in [0.1, 0.15) is 0 Å². The van der Waals surface area contributed by atoms with Crippen molar-refractivity contribution in [2.24, 2.45) is 0 Å². The molecule has 0 saturated carbocycles. The molecule has 49 valence electrons. The van der Waals surface area contributed by atoms with Crippen molar-refractivity contribution in [3.63, 3.8) is 0 Å². The van der Waals surface area contributed by atoms with Gasteiger partial charge in [0, 0.05) is 0 Å². The summed E-state index contributed by atoms with van der Waals surface area (Å²) in [5.74, 6) is 0. The molecule has 4 N–H and O–H groups in total. The van der Waals surface area contributed by atoms with Crippen LogP contribution in [0.2, 0.25) is 0 Å². The minimum atomic E-state index is -4.33. The zero-order valence-corrected chi connectivity index (χ0v) is 7.26. The van der Waals surface area contributed by atoms with E-state index in [9.17, 15) is 0 Å². The van der Waals surface area contributed by atoms with E-state index in [-0.39, 0.29) is 27.2 Å². The van der Waals surface area contributed by atoms with Crippen molar-refractivity contribution in [1.82, 2.24) is 6.15 Å². The first kappa shape index (κ1) is 15.7. The van der Waals surface area contributed by atoms with Gasteiger partial charge in [0.25, 0.3) is 0 Å². The van der Waals surface area contributed by atoms with E-state index < -0.39 is 9.05 Å². The third-order valence-electron chi connectivity index (χ3n) is 0. The molecule has 1 radical (unpaired) electrons. The van der Waals surface area contributed by atoms with Crippen LogP contribution < -0.4 is 6.15 Å². The molecule has 0 unspecified atom stereocenters. The third-order valence-corrected chi connectivity index (χ3v) is 0. The van der Waals surface area contributed by atoms with Crippen LogP contribution in [-0.2, 0) is 41.3 Å². The fourth-order valence-corrected chi connectivity index (χ4v) is 0. The molecule has 7 heavy (non-hydrogen) atoms. The first-order valence-electron chi connectivity index (χ1n) is 0.667. The van der Waals surface area contributed by atoms with Gasteiger partial charge >= 0.3 is 21.1 Å². The van der Waals surface area contributed by atoms with Gasteiger partial charge in [0.05, 0.1) is 0 Å². The first-order chi connectivity index (χ1) is 2.00. The molecule has 0 aromatic carbocycles. The maximum Gasteiger partial charge on any atom is 1.00 e. The summed E-state index contributed by atoms with van der Waals surface area (Å²) in [6, 6.07) is 0. The van der Waals surface area contributed by atoms with Gasteiger partial charge in [0.2, 0.25) is 0 Å². The van der Waals surface area contributed by atoms with Crippen LogP contribution in [-0.4, -0.2) is 13.3 Å². The van der Waals surface area contributed by atoms with E-state index in [1.807, 2.05) is 0 Å². The summed E-state index contributed by atoms with van der Waals surface area (Å²) in [7, 11) is -4.33. The number of hydrogen-bond donors (Lipinski definition) is 1. The van der Waals surface area contributed by atoms with Crippen molar-refractivity contribution in [2.75, 3.05) is 0 Å². The smallest absolute Gasteiger partial charge is 0.780 e. The molecule has 0 fully saturated rings. The standard InChI is InChI=1S/H3N.H2O3S2.Pt/c;1-5(2,3)4;/h1H3;(H2,1,2,3,4);/q;;+1/p-1. The summed E-state index contributed by atoms with van der Waals surface area (Å²) < 4.78 is 26.7. The Hall–Kier alpha value is 0.938. The first-order valence-corrected chi connectivity index (χ1v) is 3.00. The van der Waals surface area contributed by atoms with Crippen LogP contribution in [0.15, 0.2) is 0 Å². The maximum absolute atomic E-state index is 8.89. The quantitative estimate of drug-likeness (QED) is 0.641. The second-order valence-electron chi connectivity index (χ2n) is 0.408. The Bertz CT molecular complexity index is 96.1. The van der Waals surface area contributed by atoms with Gasteiger partial charge in [-0.3, -0.25) is 4.21 Å². The van der Waals surface area contributed by atoms with Crippen LogP contribution in [0.4, 0.5) is 0 Å². The van der Waals surface area contributed by atoms with Gasteiger partial charge in [-0.25, -0.2) is 0 Å². The molecule has 0 amide bonds. The Morgan fingerprint density at radius 3 is 1.43 bits per heavy atom. The molecule has 0 bridgehead atoms. The van der Waals surface area contributed by atoms with Crippen LogP contribution in [0, 0.1) is 0 Å². The molecular weight excluding hydrogens is 321 g/mol. The van der Waals surface area contributed by atoms with E-state index in [0.29, 0.717) is 0 Å². The molecule has 0 spiro atoms. The Kier molecular flexibility index (Phi) is 11.4. The van der Waals surface area contributed by atoms with Crippen LogP contribution in [0.25, 0.3) is 0 Å². The number of hydrogen-bond acceptors (Lipinski definition) is 4. The third kappa shape index (κ3) is 192. The average Bonchev–Trinajstić information content (AvgIpc) is 0.722. The molecular formula is H4NO3PtS2. The van der Waals surface area contributed by atoms with E-state index in [0.717, 1.165) is 0 Å². The number of rotatable bonds is 0. The second-order valence-corrected chi connectivity index (χ2v) is 2.45. The van der Waals surface area contributed by atoms with Crippen molar-refractivity contribution >= 4 is 20.2 Å². The van der Waals surface area contributed by atoms with Crippen molar-refractivity contribution in [3.05, 3.63) is 0 Å². The van der Waals surface area contributed by atoms with Crippen molar-refractivity contribution < 1.29 is 34.4 Å². The predicted octanol–water partition coefficient (Wildman–Crippen LogP) is -0.633. The summed E-state index contributed by atoms with van der Waals surface area (Å²) in [5, 5.41) is 0. The summed E-state index contributed by atoms with van der Waals surface area (Å²) >= 11 is 3.24. The van der Waals surface area contributed by atoms with Crippen molar-refractivity contribution in [3.8, 4) is 0 Å². The van der Waals surface area contributed by atoms with Gasteiger partial charge in [-0.05, 0) is 11.2 Å². The predicted molar refractivity (Wildman–Crippen MR) is 23.0 cm³/mol. The van der Waals surface area contributed by atoms with E-state index in [1.54, 1.807) is 0 Å². The SMILES string of the molecule is O=S([O-])([O-])=S.[NH4+].[Pt+]. The summed E-state index contributed by atoms with van der Waals surface area (Å²) in [6.45, 7) is 0. The van der Waals surface area contributed by atoms with Gasteiger partial charge in [0.15, 0.2) is 0 Å². The van der Waals surface area contributed by atoms with Crippen molar-refractivity contribution in [1.29, 1.82) is 0 Å². The molecule has 0 aliphatic rings. The van der Waals surface area contributed by atoms with E-state index in [2.05, 4.69) is 11.2 Å². The Morgan fingerprint density at radius 2 is 1.43 bits per heavy atom. The Morgan fingerprint density at radius 1 is 1.43 bits per heavy atom. The fourth-order valence-electron chi connectivity index (χ4n) is 0. The Balaban J connectivity index is -0.0000000800. The average molecular weight is 325 g/mol. The van der Waals surface area contributed by atoms with Gasteiger partial charge in [-0.15, -0.1) is 9.05 Å². The molecule has 0 aliphatic carbocycles. The molecule has 0 aromatic heterocycles. The topological polar surface area (TPSA) is 99.7 Å². The zero-order chi connectivity index (χ0) is 4.50. The molecule has 0 saturated heterocycles. The molecule has 0 rings (SSSR count). The molecule has 0 aliphatic heterocycles. The van der Waals surface area contributed by atoms with Crippen LogP contribution in [0.1, 0.15) is 0 Å². The minimum absolute atomic E-state index is 0. The molecule has 0 atom stereocenters. The van der Waals surface area contributed by atoms with E-state index >= 15 is 0 Å². The molecule has 0 aromatic rings. The summed E-state index contributed by atoms with van der Waals surface area (Å²) in [4.78, 5) is 0.